The molecule has 0 saturated heterocycles. The van der Waals surface area contributed by atoms with Gasteiger partial charge in [-0.25, -0.2) is 14.4 Å². The molecular formula is C17H9Cl3FN5O2. The lowest BCUT2D eigenvalue weighted by Gasteiger charge is -2.12. The number of nitrogens with zero attached hydrogens (tertiary/aromatic N) is 3. The third-order valence-corrected chi connectivity index (χ3v) is 4.26. The van der Waals surface area contributed by atoms with E-state index in [0.29, 0.717) is 0 Å². The van der Waals surface area contributed by atoms with Gasteiger partial charge in [-0.15, -0.1) is 0 Å². The van der Waals surface area contributed by atoms with Crippen molar-refractivity contribution in [2.45, 2.75) is 6.54 Å². The molecule has 0 atom stereocenters. The Kier molecular flexibility index (Phi) is 5.99. The molecule has 7 nitrogen and oxygen atoms in total. The number of aromatic nitrogens is 3. The van der Waals surface area contributed by atoms with Crippen molar-refractivity contribution < 1.29 is 13.9 Å². The molecule has 0 unspecified atom stereocenters. The summed E-state index contributed by atoms with van der Waals surface area (Å²) in [5.41, 5.74) is 0.271. The molecule has 11 heteroatoms. The van der Waals surface area contributed by atoms with Crippen LogP contribution in [0.2, 0.25) is 15.3 Å². The van der Waals surface area contributed by atoms with Crippen LogP contribution in [0.1, 0.15) is 21.6 Å². The Morgan fingerprint density at radius 3 is 2.79 bits per heavy atom. The molecule has 0 bridgehead atoms. The zero-order valence-corrected chi connectivity index (χ0v) is 16.0. The number of hydrogen-bond acceptors (Lipinski definition) is 5. The van der Waals surface area contributed by atoms with Gasteiger partial charge >= 0.3 is 0 Å². The first-order chi connectivity index (χ1) is 13.4. The molecule has 1 aromatic carbocycles. The van der Waals surface area contributed by atoms with Crippen molar-refractivity contribution in [3.63, 3.8) is 0 Å². The molecule has 0 aliphatic carbocycles. The van der Waals surface area contributed by atoms with Crippen molar-refractivity contribution in [3.8, 4) is 17.7 Å². The first-order valence-electron chi connectivity index (χ1n) is 7.58. The Morgan fingerprint density at radius 2 is 2.11 bits per heavy atom. The van der Waals surface area contributed by atoms with Gasteiger partial charge in [-0.1, -0.05) is 40.9 Å². The van der Waals surface area contributed by atoms with Crippen molar-refractivity contribution in [2.24, 2.45) is 0 Å². The van der Waals surface area contributed by atoms with Crippen molar-refractivity contribution >= 4 is 40.7 Å². The maximum absolute atomic E-state index is 14.8. The van der Waals surface area contributed by atoms with E-state index in [2.05, 4.69) is 20.3 Å². The number of H-pyrrole nitrogens is 1. The van der Waals surface area contributed by atoms with Crippen LogP contribution in [0.3, 0.4) is 0 Å². The van der Waals surface area contributed by atoms with E-state index >= 15 is 0 Å². The van der Waals surface area contributed by atoms with E-state index in [1.54, 1.807) is 0 Å². The number of nitriles is 1. The third-order valence-electron chi connectivity index (χ3n) is 3.48. The summed E-state index contributed by atoms with van der Waals surface area (Å²) in [6, 6.07) is 7.30. The van der Waals surface area contributed by atoms with Crippen LogP contribution < -0.4 is 10.1 Å². The number of rotatable bonds is 5. The van der Waals surface area contributed by atoms with Crippen molar-refractivity contribution in [2.75, 3.05) is 0 Å². The summed E-state index contributed by atoms with van der Waals surface area (Å²) >= 11 is 17.6. The highest BCUT2D eigenvalue weighted by Crippen LogP contribution is 2.34. The van der Waals surface area contributed by atoms with Crippen LogP contribution in [0.5, 0.6) is 11.6 Å². The lowest BCUT2D eigenvalue weighted by Crippen LogP contribution is -2.24. The van der Waals surface area contributed by atoms with Gasteiger partial charge in [0.2, 0.25) is 5.88 Å². The number of pyridine rings is 1. The Hall–Kier alpha value is -2.86. The number of aromatic amines is 1. The van der Waals surface area contributed by atoms with E-state index in [1.165, 1.54) is 30.6 Å². The topological polar surface area (TPSA) is 104 Å². The molecule has 2 aromatic heterocycles. The normalized spacial score (nSPS) is 10.4. The SMILES string of the molecule is N#Cc1cc(Cl)nc(Oc2c(Cl)ccc(CNC(=O)c3nc[nH]c3Cl)c2F)c1. The molecule has 1 amide bonds. The number of carbonyl (C=O) groups excluding carboxylic acids is 1. The van der Waals surface area contributed by atoms with Crippen LogP contribution in [-0.2, 0) is 6.54 Å². The molecule has 3 aromatic rings. The van der Waals surface area contributed by atoms with Gasteiger partial charge < -0.3 is 15.0 Å². The van der Waals surface area contributed by atoms with Gasteiger partial charge in [0, 0.05) is 18.2 Å². The van der Waals surface area contributed by atoms with Gasteiger partial charge in [-0.2, -0.15) is 5.26 Å². The maximum Gasteiger partial charge on any atom is 0.273 e. The standard InChI is InChI=1S/C17H9Cl3FN5O2/c18-10-2-1-9(6-23-17(27)14-16(20)25-7-24-14)13(21)15(10)28-12-4-8(5-22)3-11(19)26-12/h1-4,7H,6H2,(H,23,27)(H,24,25). The first kappa shape index (κ1) is 19.9. The average molecular weight is 441 g/mol. The molecular weight excluding hydrogens is 432 g/mol. The Bertz CT molecular complexity index is 1100. The predicted molar refractivity (Wildman–Crippen MR) is 100 cm³/mol. The summed E-state index contributed by atoms with van der Waals surface area (Å²) in [7, 11) is 0. The second-order valence-electron chi connectivity index (χ2n) is 5.33. The molecule has 0 aliphatic rings. The number of imidazole rings is 1. The molecule has 0 radical (unpaired) electrons. The first-order valence-corrected chi connectivity index (χ1v) is 8.72. The minimum absolute atomic E-state index is 0.00452. The van der Waals surface area contributed by atoms with Gasteiger partial charge in [-0.05, 0) is 12.1 Å². The molecule has 2 N–H and O–H groups in total. The number of amides is 1. The lowest BCUT2D eigenvalue weighted by atomic mass is 10.2. The monoisotopic (exact) mass is 439 g/mol. The molecule has 142 valence electrons. The highest BCUT2D eigenvalue weighted by Gasteiger charge is 2.18. The fraction of sp³-hybridized carbons (Fsp3) is 0.0588. The largest absolute Gasteiger partial charge is 0.434 e. The minimum Gasteiger partial charge on any atom is -0.434 e. The number of nitrogens with one attached hydrogen (secondary N) is 2. The number of carbonyl (C=O) groups is 1. The summed E-state index contributed by atoms with van der Waals surface area (Å²) in [4.78, 5) is 22.3. The van der Waals surface area contributed by atoms with Gasteiger partial charge in [0.1, 0.15) is 10.3 Å². The van der Waals surface area contributed by atoms with Crippen molar-refractivity contribution in [1.82, 2.24) is 20.3 Å². The maximum atomic E-state index is 14.8. The van der Waals surface area contributed by atoms with E-state index in [9.17, 15) is 9.18 Å². The summed E-state index contributed by atoms with van der Waals surface area (Å²) in [5.74, 6) is -1.81. The summed E-state index contributed by atoms with van der Waals surface area (Å²) in [5, 5.41) is 11.5. The summed E-state index contributed by atoms with van der Waals surface area (Å²) in [6.45, 7) is -0.173. The van der Waals surface area contributed by atoms with Gasteiger partial charge in [0.15, 0.2) is 17.3 Å². The third kappa shape index (κ3) is 4.34. The van der Waals surface area contributed by atoms with E-state index in [0.717, 1.165) is 0 Å². The number of benzene rings is 1. The van der Waals surface area contributed by atoms with Crippen LogP contribution in [0.25, 0.3) is 0 Å². The Balaban J connectivity index is 1.82. The van der Waals surface area contributed by atoms with Crippen molar-refractivity contribution in [3.05, 3.63) is 68.6 Å². The Labute approximate surface area is 173 Å². The van der Waals surface area contributed by atoms with Crippen molar-refractivity contribution in [1.29, 1.82) is 5.26 Å². The number of halogens is 4. The second-order valence-corrected chi connectivity index (χ2v) is 6.50. The van der Waals surface area contributed by atoms with E-state index in [-0.39, 0.29) is 50.3 Å². The van der Waals surface area contributed by atoms with Crippen LogP contribution in [0, 0.1) is 17.1 Å². The van der Waals surface area contributed by atoms with Gasteiger partial charge in [0.05, 0.1) is 23.0 Å². The van der Waals surface area contributed by atoms with Crippen LogP contribution >= 0.6 is 34.8 Å². The van der Waals surface area contributed by atoms with Crippen LogP contribution in [0.4, 0.5) is 4.39 Å². The highest BCUT2D eigenvalue weighted by atomic mass is 35.5. The molecule has 3 rings (SSSR count). The smallest absolute Gasteiger partial charge is 0.273 e. The van der Waals surface area contributed by atoms with E-state index in [4.69, 9.17) is 44.8 Å². The fourth-order valence-electron chi connectivity index (χ4n) is 2.19. The molecule has 0 fully saturated rings. The quantitative estimate of drug-likeness (QED) is 0.569. The van der Waals surface area contributed by atoms with E-state index < -0.39 is 11.7 Å². The zero-order valence-electron chi connectivity index (χ0n) is 13.8. The highest BCUT2D eigenvalue weighted by molar-refractivity contribution is 6.32. The summed E-state index contributed by atoms with van der Waals surface area (Å²) < 4.78 is 20.2. The van der Waals surface area contributed by atoms with Gasteiger partial charge in [-0.3, -0.25) is 4.79 Å². The summed E-state index contributed by atoms with van der Waals surface area (Å²) in [6.07, 6.45) is 1.26. The minimum atomic E-state index is -0.804. The molecule has 0 saturated carbocycles. The lowest BCUT2D eigenvalue weighted by molar-refractivity contribution is 0.0946. The molecule has 28 heavy (non-hydrogen) atoms. The molecule has 0 spiro atoms. The second kappa shape index (κ2) is 8.44. The van der Waals surface area contributed by atoms with Gasteiger partial charge in [0.25, 0.3) is 5.91 Å². The fourth-order valence-corrected chi connectivity index (χ4v) is 2.76. The molecule has 0 aliphatic heterocycles. The number of hydrogen-bond donors (Lipinski definition) is 2. The Morgan fingerprint density at radius 1 is 1.32 bits per heavy atom. The van der Waals surface area contributed by atoms with Crippen LogP contribution in [0.15, 0.2) is 30.6 Å². The zero-order chi connectivity index (χ0) is 20.3. The average Bonchev–Trinajstić information content (AvgIpc) is 3.09. The predicted octanol–water partition coefficient (Wildman–Crippen LogP) is 4.50. The van der Waals surface area contributed by atoms with Crippen LogP contribution in [-0.4, -0.2) is 20.9 Å². The molecule has 2 heterocycles. The number of ether oxygens (including phenoxy) is 1. The van der Waals surface area contributed by atoms with E-state index in [1.807, 2.05) is 6.07 Å².